The summed E-state index contributed by atoms with van der Waals surface area (Å²) in [7, 11) is 1.33. The predicted octanol–water partition coefficient (Wildman–Crippen LogP) is 3.83. The van der Waals surface area contributed by atoms with Crippen molar-refractivity contribution in [2.24, 2.45) is 0 Å². The smallest absolute Gasteiger partial charge is 0.337 e. The van der Waals surface area contributed by atoms with Crippen LogP contribution >= 0.6 is 0 Å². The van der Waals surface area contributed by atoms with Crippen LogP contribution in [0.3, 0.4) is 0 Å². The quantitative estimate of drug-likeness (QED) is 0.840. The zero-order valence-corrected chi connectivity index (χ0v) is 15.0. The van der Waals surface area contributed by atoms with Gasteiger partial charge >= 0.3 is 5.97 Å². The van der Waals surface area contributed by atoms with Crippen LogP contribution in [0.15, 0.2) is 48.5 Å². The molecule has 0 unspecified atom stereocenters. The predicted molar refractivity (Wildman–Crippen MR) is 96.9 cm³/mol. The van der Waals surface area contributed by atoms with Crippen LogP contribution in [0.2, 0.25) is 0 Å². The number of benzene rings is 2. The van der Waals surface area contributed by atoms with Crippen molar-refractivity contribution in [2.75, 3.05) is 12.4 Å². The third kappa shape index (κ3) is 5.95. The highest BCUT2D eigenvalue weighted by Gasteiger charge is 2.12. The Morgan fingerprint density at radius 2 is 1.56 bits per heavy atom. The molecule has 0 radical (unpaired) electrons. The number of methoxy groups -OCH3 is 1. The summed E-state index contributed by atoms with van der Waals surface area (Å²) < 4.78 is 10.4. The first-order valence-corrected chi connectivity index (χ1v) is 8.03. The van der Waals surface area contributed by atoms with E-state index in [1.54, 1.807) is 24.3 Å². The summed E-state index contributed by atoms with van der Waals surface area (Å²) in [6.07, 6.45) is 0.258. The number of rotatable bonds is 5. The molecule has 1 amide bonds. The van der Waals surface area contributed by atoms with Gasteiger partial charge in [-0.05, 0) is 62.7 Å². The summed E-state index contributed by atoms with van der Waals surface area (Å²) in [5.74, 6) is 0.237. The molecule has 0 fully saturated rings. The monoisotopic (exact) mass is 341 g/mol. The number of amides is 1. The average molecular weight is 341 g/mol. The van der Waals surface area contributed by atoms with Gasteiger partial charge < -0.3 is 14.8 Å². The fourth-order valence-corrected chi connectivity index (χ4v) is 2.23. The highest BCUT2D eigenvalue weighted by Crippen LogP contribution is 2.19. The molecule has 0 aliphatic carbocycles. The van der Waals surface area contributed by atoms with E-state index in [1.165, 1.54) is 7.11 Å². The Bertz CT molecular complexity index is 728. The van der Waals surface area contributed by atoms with E-state index >= 15 is 0 Å². The minimum atomic E-state index is -0.407. The van der Waals surface area contributed by atoms with Gasteiger partial charge in [0.1, 0.15) is 11.4 Å². The van der Waals surface area contributed by atoms with E-state index in [4.69, 9.17) is 4.74 Å². The Morgan fingerprint density at radius 1 is 0.960 bits per heavy atom. The van der Waals surface area contributed by atoms with Crippen molar-refractivity contribution in [3.05, 3.63) is 59.7 Å². The van der Waals surface area contributed by atoms with Crippen LogP contribution in [0.5, 0.6) is 5.75 Å². The zero-order valence-electron chi connectivity index (χ0n) is 15.0. The van der Waals surface area contributed by atoms with E-state index in [-0.39, 0.29) is 17.9 Å². The summed E-state index contributed by atoms with van der Waals surface area (Å²) in [5.41, 5.74) is 1.71. The highest BCUT2D eigenvalue weighted by atomic mass is 16.5. The lowest BCUT2D eigenvalue weighted by atomic mass is 10.1. The largest absolute Gasteiger partial charge is 0.488 e. The summed E-state index contributed by atoms with van der Waals surface area (Å²) in [6, 6.07) is 14.0. The fraction of sp³-hybridized carbons (Fsp3) is 0.300. The minimum absolute atomic E-state index is 0.129. The van der Waals surface area contributed by atoms with E-state index in [2.05, 4.69) is 10.1 Å². The Kier molecular flexibility index (Phi) is 5.80. The van der Waals surface area contributed by atoms with E-state index in [0.717, 1.165) is 11.3 Å². The van der Waals surface area contributed by atoms with Crippen molar-refractivity contribution in [1.82, 2.24) is 0 Å². The van der Waals surface area contributed by atoms with Crippen LogP contribution in [-0.2, 0) is 16.0 Å². The maximum absolute atomic E-state index is 12.1. The Labute approximate surface area is 148 Å². The highest BCUT2D eigenvalue weighted by molar-refractivity contribution is 5.94. The zero-order chi connectivity index (χ0) is 18.4. The molecule has 0 saturated carbocycles. The molecule has 0 spiro atoms. The molecule has 0 bridgehead atoms. The number of nitrogens with one attached hydrogen (secondary N) is 1. The second-order valence-corrected chi connectivity index (χ2v) is 6.65. The van der Waals surface area contributed by atoms with Crippen LogP contribution in [0.1, 0.15) is 36.7 Å². The first-order chi connectivity index (χ1) is 11.8. The Morgan fingerprint density at radius 3 is 2.08 bits per heavy atom. The van der Waals surface area contributed by atoms with Crippen LogP contribution in [-0.4, -0.2) is 24.6 Å². The lowest BCUT2D eigenvalue weighted by Crippen LogP contribution is -2.22. The van der Waals surface area contributed by atoms with E-state index in [1.807, 2.05) is 45.0 Å². The molecule has 0 aromatic heterocycles. The molecule has 5 heteroatoms. The van der Waals surface area contributed by atoms with Gasteiger partial charge in [-0.3, -0.25) is 4.79 Å². The van der Waals surface area contributed by atoms with E-state index in [9.17, 15) is 9.59 Å². The van der Waals surface area contributed by atoms with Gasteiger partial charge in [-0.2, -0.15) is 0 Å². The summed E-state index contributed by atoms with van der Waals surface area (Å²) >= 11 is 0. The topological polar surface area (TPSA) is 64.6 Å². The van der Waals surface area contributed by atoms with Crippen LogP contribution in [0.25, 0.3) is 0 Å². The lowest BCUT2D eigenvalue weighted by molar-refractivity contribution is -0.115. The van der Waals surface area contributed by atoms with Gasteiger partial charge in [-0.1, -0.05) is 12.1 Å². The minimum Gasteiger partial charge on any atom is -0.488 e. The third-order valence-corrected chi connectivity index (χ3v) is 3.30. The molecule has 1 N–H and O–H groups in total. The van der Waals surface area contributed by atoms with Crippen molar-refractivity contribution < 1.29 is 19.1 Å². The number of carbonyl (C=O) groups is 2. The Balaban J connectivity index is 1.92. The first kappa shape index (κ1) is 18.5. The second kappa shape index (κ2) is 7.83. The van der Waals surface area contributed by atoms with Crippen LogP contribution in [0, 0.1) is 0 Å². The Hall–Kier alpha value is -2.82. The molecule has 132 valence electrons. The average Bonchev–Trinajstić information content (AvgIpc) is 2.55. The summed E-state index contributed by atoms with van der Waals surface area (Å²) in [4.78, 5) is 23.5. The van der Waals surface area contributed by atoms with Gasteiger partial charge in [0.15, 0.2) is 0 Å². The fourth-order valence-electron chi connectivity index (χ4n) is 2.23. The number of anilines is 1. The SMILES string of the molecule is COC(=O)c1ccc(NC(=O)Cc2ccc(OC(C)(C)C)cc2)cc1. The standard InChI is InChI=1S/C20H23NO4/c1-20(2,3)25-17-11-5-14(6-12-17)13-18(22)21-16-9-7-15(8-10-16)19(23)24-4/h5-12H,13H2,1-4H3,(H,21,22). The van der Waals surface area contributed by atoms with Gasteiger partial charge in [-0.25, -0.2) is 4.79 Å². The van der Waals surface area contributed by atoms with Gasteiger partial charge in [0, 0.05) is 5.69 Å². The third-order valence-electron chi connectivity index (χ3n) is 3.30. The molecule has 2 aromatic carbocycles. The number of esters is 1. The molecule has 0 saturated heterocycles. The molecule has 2 aromatic rings. The molecule has 25 heavy (non-hydrogen) atoms. The number of hydrogen-bond acceptors (Lipinski definition) is 4. The molecule has 5 nitrogen and oxygen atoms in total. The van der Waals surface area contributed by atoms with E-state index in [0.29, 0.717) is 11.3 Å². The molecule has 0 aliphatic rings. The number of ether oxygens (including phenoxy) is 2. The normalized spacial score (nSPS) is 10.9. The second-order valence-electron chi connectivity index (χ2n) is 6.65. The molecular formula is C20H23NO4. The lowest BCUT2D eigenvalue weighted by Gasteiger charge is -2.21. The molecule has 0 aliphatic heterocycles. The maximum atomic E-state index is 12.1. The van der Waals surface area contributed by atoms with Crippen LogP contribution < -0.4 is 10.1 Å². The van der Waals surface area contributed by atoms with Gasteiger partial charge in [-0.15, -0.1) is 0 Å². The van der Waals surface area contributed by atoms with Crippen molar-refractivity contribution in [1.29, 1.82) is 0 Å². The van der Waals surface area contributed by atoms with Crippen LogP contribution in [0.4, 0.5) is 5.69 Å². The molecule has 0 atom stereocenters. The van der Waals surface area contributed by atoms with Crippen molar-refractivity contribution >= 4 is 17.6 Å². The van der Waals surface area contributed by atoms with Crippen molar-refractivity contribution in [3.63, 3.8) is 0 Å². The van der Waals surface area contributed by atoms with Gasteiger partial charge in [0.25, 0.3) is 0 Å². The van der Waals surface area contributed by atoms with E-state index < -0.39 is 5.97 Å². The maximum Gasteiger partial charge on any atom is 0.337 e. The summed E-state index contributed by atoms with van der Waals surface area (Å²) in [6.45, 7) is 5.96. The first-order valence-electron chi connectivity index (χ1n) is 8.03. The van der Waals surface area contributed by atoms with Gasteiger partial charge in [0.05, 0.1) is 19.1 Å². The molecular weight excluding hydrogens is 318 g/mol. The number of carbonyl (C=O) groups excluding carboxylic acids is 2. The van der Waals surface area contributed by atoms with Crippen molar-refractivity contribution in [3.8, 4) is 5.75 Å². The number of hydrogen-bond donors (Lipinski definition) is 1. The summed E-state index contributed by atoms with van der Waals surface area (Å²) in [5, 5.41) is 2.81. The molecule has 2 rings (SSSR count). The van der Waals surface area contributed by atoms with Crippen molar-refractivity contribution in [2.45, 2.75) is 32.8 Å². The molecule has 0 heterocycles. The van der Waals surface area contributed by atoms with Gasteiger partial charge in [0.2, 0.25) is 5.91 Å².